The third-order valence-corrected chi connectivity index (χ3v) is 4.05. The molecule has 0 unspecified atom stereocenters. The quantitative estimate of drug-likeness (QED) is 0.483. The number of benzene rings is 2. The van der Waals surface area contributed by atoms with Crippen LogP contribution >= 0.6 is 11.8 Å². The van der Waals surface area contributed by atoms with Crippen molar-refractivity contribution < 1.29 is 14.3 Å². The van der Waals surface area contributed by atoms with E-state index in [0.29, 0.717) is 23.5 Å². The molecule has 0 radical (unpaired) electrons. The highest BCUT2D eigenvalue weighted by atomic mass is 32.2. The van der Waals surface area contributed by atoms with Gasteiger partial charge < -0.3 is 15.8 Å². The van der Waals surface area contributed by atoms with Crippen LogP contribution < -0.4 is 11.1 Å². The summed E-state index contributed by atoms with van der Waals surface area (Å²) in [6.07, 6.45) is 0. The number of nitrogen functional groups attached to an aromatic ring is 1. The third-order valence-electron chi connectivity index (χ3n) is 2.96. The first-order valence-corrected chi connectivity index (χ1v) is 8.13. The molecule has 0 aromatic heterocycles. The average molecular weight is 330 g/mol. The van der Waals surface area contributed by atoms with Gasteiger partial charge >= 0.3 is 5.97 Å². The maximum atomic E-state index is 12.0. The van der Waals surface area contributed by atoms with Gasteiger partial charge in [0.25, 0.3) is 0 Å². The highest BCUT2D eigenvalue weighted by Crippen LogP contribution is 2.24. The molecule has 6 heteroatoms. The molecule has 5 nitrogen and oxygen atoms in total. The van der Waals surface area contributed by atoms with Crippen LogP contribution in [0.5, 0.6) is 0 Å². The number of carbonyl (C=O) groups is 2. The number of hydrogen-bond donors (Lipinski definition) is 2. The molecule has 0 aliphatic heterocycles. The molecule has 120 valence electrons. The van der Waals surface area contributed by atoms with Gasteiger partial charge in [-0.25, -0.2) is 4.79 Å². The van der Waals surface area contributed by atoms with Crippen molar-refractivity contribution in [1.82, 2.24) is 0 Å². The summed E-state index contributed by atoms with van der Waals surface area (Å²) >= 11 is 1.38. The molecule has 0 atom stereocenters. The van der Waals surface area contributed by atoms with Crippen molar-refractivity contribution in [2.45, 2.75) is 11.8 Å². The predicted octanol–water partition coefficient (Wildman–Crippen LogP) is 3.18. The van der Waals surface area contributed by atoms with E-state index in [9.17, 15) is 9.59 Å². The van der Waals surface area contributed by atoms with Crippen LogP contribution in [0.25, 0.3) is 0 Å². The summed E-state index contributed by atoms with van der Waals surface area (Å²) in [5.74, 6) is -0.254. The van der Waals surface area contributed by atoms with Gasteiger partial charge in [-0.2, -0.15) is 0 Å². The molecule has 0 aliphatic carbocycles. The second kappa shape index (κ2) is 8.24. The lowest BCUT2D eigenvalue weighted by molar-refractivity contribution is -0.113. The summed E-state index contributed by atoms with van der Waals surface area (Å²) in [5, 5.41) is 2.78. The average Bonchev–Trinajstić information content (AvgIpc) is 2.55. The lowest BCUT2D eigenvalue weighted by atomic mass is 10.2. The predicted molar refractivity (Wildman–Crippen MR) is 92.6 cm³/mol. The Hall–Kier alpha value is -2.47. The molecular weight excluding hydrogens is 312 g/mol. The molecule has 0 bridgehead atoms. The fraction of sp³-hybridized carbons (Fsp3) is 0.176. The Balaban J connectivity index is 1.88. The summed E-state index contributed by atoms with van der Waals surface area (Å²) in [5.41, 5.74) is 7.57. The lowest BCUT2D eigenvalue weighted by Crippen LogP contribution is -2.14. The minimum atomic E-state index is -0.375. The molecule has 0 aliphatic rings. The number of amides is 1. The molecule has 2 aromatic carbocycles. The molecule has 2 rings (SSSR count). The van der Waals surface area contributed by atoms with Crippen molar-refractivity contribution in [3.8, 4) is 0 Å². The number of thioether (sulfide) groups is 1. The van der Waals surface area contributed by atoms with E-state index in [1.54, 1.807) is 37.3 Å². The number of para-hydroxylation sites is 1. The minimum absolute atomic E-state index is 0.137. The van der Waals surface area contributed by atoms with Gasteiger partial charge in [0.15, 0.2) is 0 Å². The van der Waals surface area contributed by atoms with Gasteiger partial charge in [0.1, 0.15) is 0 Å². The maximum absolute atomic E-state index is 12.0. The Bertz CT molecular complexity index is 686. The molecule has 3 N–H and O–H groups in total. The number of rotatable bonds is 6. The summed E-state index contributed by atoms with van der Waals surface area (Å²) in [4.78, 5) is 24.4. The Morgan fingerprint density at radius 1 is 1.13 bits per heavy atom. The normalized spacial score (nSPS) is 10.1. The summed E-state index contributed by atoms with van der Waals surface area (Å²) in [7, 11) is 0. The highest BCUT2D eigenvalue weighted by molar-refractivity contribution is 8.00. The number of nitrogens with two attached hydrogens (primary N) is 1. The van der Waals surface area contributed by atoms with Crippen molar-refractivity contribution in [1.29, 1.82) is 0 Å². The molecule has 0 saturated heterocycles. The van der Waals surface area contributed by atoms with Crippen molar-refractivity contribution >= 4 is 35.0 Å². The summed E-state index contributed by atoms with van der Waals surface area (Å²) in [6.45, 7) is 2.08. The van der Waals surface area contributed by atoms with E-state index < -0.39 is 0 Å². The van der Waals surface area contributed by atoms with Gasteiger partial charge in [-0.1, -0.05) is 12.1 Å². The Kier molecular flexibility index (Phi) is 6.05. The van der Waals surface area contributed by atoms with E-state index in [1.807, 2.05) is 18.2 Å². The maximum Gasteiger partial charge on any atom is 0.338 e. The Morgan fingerprint density at radius 3 is 2.48 bits per heavy atom. The molecule has 0 fully saturated rings. The largest absolute Gasteiger partial charge is 0.462 e. The van der Waals surface area contributed by atoms with E-state index in [2.05, 4.69) is 5.32 Å². The molecule has 23 heavy (non-hydrogen) atoms. The second-order valence-corrected chi connectivity index (χ2v) is 5.69. The zero-order valence-electron chi connectivity index (χ0n) is 12.7. The van der Waals surface area contributed by atoms with Crippen molar-refractivity contribution in [3.05, 3.63) is 54.1 Å². The van der Waals surface area contributed by atoms with Crippen LogP contribution in [0.1, 0.15) is 17.3 Å². The van der Waals surface area contributed by atoms with Crippen LogP contribution in [0.3, 0.4) is 0 Å². The van der Waals surface area contributed by atoms with E-state index in [1.165, 1.54) is 11.8 Å². The van der Waals surface area contributed by atoms with Gasteiger partial charge in [-0.15, -0.1) is 11.8 Å². The van der Waals surface area contributed by atoms with Gasteiger partial charge in [-0.05, 0) is 43.3 Å². The number of anilines is 2. The molecular formula is C17H18N2O3S. The fourth-order valence-corrected chi connectivity index (χ4v) is 2.62. The number of ether oxygens (including phenoxy) is 1. The van der Waals surface area contributed by atoms with E-state index in [4.69, 9.17) is 10.5 Å². The van der Waals surface area contributed by atoms with Crippen LogP contribution in [0.2, 0.25) is 0 Å². The van der Waals surface area contributed by atoms with Crippen LogP contribution in [-0.2, 0) is 9.53 Å². The molecule has 2 aromatic rings. The first-order valence-electron chi connectivity index (χ1n) is 7.14. The number of carbonyl (C=O) groups excluding carboxylic acids is 2. The van der Waals surface area contributed by atoms with Crippen molar-refractivity contribution in [2.75, 3.05) is 23.4 Å². The van der Waals surface area contributed by atoms with E-state index >= 15 is 0 Å². The fourth-order valence-electron chi connectivity index (χ4n) is 1.86. The van der Waals surface area contributed by atoms with Gasteiger partial charge in [-0.3, -0.25) is 4.79 Å². The number of hydrogen-bond acceptors (Lipinski definition) is 5. The molecule has 1 amide bonds. The lowest BCUT2D eigenvalue weighted by Gasteiger charge is -2.07. The minimum Gasteiger partial charge on any atom is -0.462 e. The second-order valence-electron chi connectivity index (χ2n) is 4.67. The van der Waals surface area contributed by atoms with Crippen LogP contribution in [0.4, 0.5) is 11.4 Å². The van der Waals surface area contributed by atoms with Crippen LogP contribution in [0, 0.1) is 0 Å². The zero-order valence-corrected chi connectivity index (χ0v) is 13.6. The van der Waals surface area contributed by atoms with Gasteiger partial charge in [0.05, 0.1) is 17.9 Å². The number of nitrogens with one attached hydrogen (secondary N) is 1. The standard InChI is InChI=1S/C17H18N2O3S/c1-2-22-17(21)12-7-9-13(10-8-12)19-16(20)11-23-15-6-4-3-5-14(15)18/h3-10H,2,11,18H2,1H3,(H,19,20). The number of esters is 1. The first kappa shape index (κ1) is 16.9. The summed E-state index contributed by atoms with van der Waals surface area (Å²) in [6, 6.07) is 14.0. The monoisotopic (exact) mass is 330 g/mol. The van der Waals surface area contributed by atoms with Gasteiger partial charge in [0, 0.05) is 16.3 Å². The highest BCUT2D eigenvalue weighted by Gasteiger charge is 2.08. The van der Waals surface area contributed by atoms with Crippen LogP contribution in [-0.4, -0.2) is 24.2 Å². The Labute approximate surface area is 139 Å². The topological polar surface area (TPSA) is 81.4 Å². The van der Waals surface area contributed by atoms with Gasteiger partial charge in [0.2, 0.25) is 5.91 Å². The molecule has 0 saturated carbocycles. The van der Waals surface area contributed by atoms with Crippen molar-refractivity contribution in [2.24, 2.45) is 0 Å². The summed E-state index contributed by atoms with van der Waals surface area (Å²) < 4.78 is 4.91. The van der Waals surface area contributed by atoms with E-state index in [-0.39, 0.29) is 17.6 Å². The first-order chi connectivity index (χ1) is 11.1. The zero-order chi connectivity index (χ0) is 16.7. The Morgan fingerprint density at radius 2 is 1.83 bits per heavy atom. The third kappa shape index (κ3) is 5.03. The molecule has 0 spiro atoms. The van der Waals surface area contributed by atoms with E-state index in [0.717, 1.165) is 4.90 Å². The smallest absolute Gasteiger partial charge is 0.338 e. The van der Waals surface area contributed by atoms with Crippen molar-refractivity contribution in [3.63, 3.8) is 0 Å². The SMILES string of the molecule is CCOC(=O)c1ccc(NC(=O)CSc2ccccc2N)cc1. The van der Waals surface area contributed by atoms with Crippen LogP contribution in [0.15, 0.2) is 53.4 Å². The molecule has 0 heterocycles.